The molecular formula is C29H21N5O2S. The number of hydrogen-bond acceptors (Lipinski definition) is 6. The molecule has 0 saturated carbocycles. The van der Waals surface area contributed by atoms with Crippen LogP contribution in [0.4, 0.5) is 5.69 Å². The zero-order chi connectivity index (χ0) is 25.8. The van der Waals surface area contributed by atoms with Crippen LogP contribution in [0.1, 0.15) is 27.3 Å². The maximum Gasteiger partial charge on any atom is 0.258 e. The number of amides is 1. The van der Waals surface area contributed by atoms with Crippen LogP contribution in [0.25, 0.3) is 16.8 Å². The van der Waals surface area contributed by atoms with Crippen molar-refractivity contribution in [3.8, 4) is 17.2 Å². The van der Waals surface area contributed by atoms with Gasteiger partial charge in [0.25, 0.3) is 11.5 Å². The summed E-state index contributed by atoms with van der Waals surface area (Å²) in [4.78, 5) is 35.2. The fraction of sp³-hybridized carbons (Fsp3) is 0.0690. The van der Waals surface area contributed by atoms with Gasteiger partial charge in [0.2, 0.25) is 0 Å². The Kier molecular flexibility index (Phi) is 6.79. The Hall–Kier alpha value is -4.74. The normalized spacial score (nSPS) is 10.7. The summed E-state index contributed by atoms with van der Waals surface area (Å²) in [7, 11) is 0. The second-order valence-corrected chi connectivity index (χ2v) is 9.19. The summed E-state index contributed by atoms with van der Waals surface area (Å²) in [5.41, 5.74) is 4.02. The van der Waals surface area contributed by atoms with Crippen LogP contribution in [0, 0.1) is 18.3 Å². The van der Waals surface area contributed by atoms with E-state index in [4.69, 9.17) is 0 Å². The minimum Gasteiger partial charge on any atom is -0.322 e. The van der Waals surface area contributed by atoms with Crippen molar-refractivity contribution in [2.45, 2.75) is 17.7 Å². The van der Waals surface area contributed by atoms with Gasteiger partial charge in [0.1, 0.15) is 16.7 Å². The summed E-state index contributed by atoms with van der Waals surface area (Å²) in [6.07, 6.45) is 1.67. The fourth-order valence-electron chi connectivity index (χ4n) is 4.09. The van der Waals surface area contributed by atoms with Crippen LogP contribution in [0.3, 0.4) is 0 Å². The fourth-order valence-corrected chi connectivity index (χ4v) is 5.02. The number of aromatic nitrogens is 3. The molecule has 0 saturated heterocycles. The molecule has 0 aliphatic carbocycles. The SMILES string of the molecule is Cc1nc(SCc2cc(=O)n3ccccc3n2)c(C#N)c(-c2ccccc2)c1C(=O)Nc1ccccc1. The topological polar surface area (TPSA) is 100 Å². The van der Waals surface area contributed by atoms with E-state index in [0.717, 1.165) is 5.56 Å². The first kappa shape index (κ1) is 24.0. The van der Waals surface area contributed by atoms with Gasteiger partial charge in [-0.1, -0.05) is 66.4 Å². The molecule has 0 spiro atoms. The largest absolute Gasteiger partial charge is 0.322 e. The molecule has 0 fully saturated rings. The molecular weight excluding hydrogens is 482 g/mol. The van der Waals surface area contributed by atoms with E-state index in [1.807, 2.05) is 54.6 Å². The van der Waals surface area contributed by atoms with Crippen molar-refractivity contribution < 1.29 is 4.79 Å². The number of thioether (sulfide) groups is 1. The molecule has 0 aliphatic rings. The van der Waals surface area contributed by atoms with E-state index in [9.17, 15) is 14.9 Å². The number of carbonyl (C=O) groups is 1. The number of anilines is 1. The van der Waals surface area contributed by atoms with Gasteiger partial charge in [0, 0.05) is 29.3 Å². The molecule has 8 heteroatoms. The van der Waals surface area contributed by atoms with E-state index in [2.05, 4.69) is 21.4 Å². The highest BCUT2D eigenvalue weighted by Gasteiger charge is 2.24. The van der Waals surface area contributed by atoms with Crippen LogP contribution in [0.2, 0.25) is 0 Å². The molecule has 5 rings (SSSR count). The Morgan fingerprint density at radius 1 is 1.00 bits per heavy atom. The van der Waals surface area contributed by atoms with Crippen LogP contribution in [-0.2, 0) is 5.75 Å². The highest BCUT2D eigenvalue weighted by atomic mass is 32.2. The second kappa shape index (κ2) is 10.5. The lowest BCUT2D eigenvalue weighted by Gasteiger charge is -2.17. The molecule has 3 heterocycles. The monoisotopic (exact) mass is 503 g/mol. The van der Waals surface area contributed by atoms with Gasteiger partial charge < -0.3 is 5.32 Å². The van der Waals surface area contributed by atoms with Crippen molar-refractivity contribution in [3.63, 3.8) is 0 Å². The zero-order valence-corrected chi connectivity index (χ0v) is 20.7. The summed E-state index contributed by atoms with van der Waals surface area (Å²) in [5.74, 6) is -0.00161. The van der Waals surface area contributed by atoms with E-state index in [1.54, 1.807) is 37.4 Å². The van der Waals surface area contributed by atoms with Crippen LogP contribution >= 0.6 is 11.8 Å². The quantitative estimate of drug-likeness (QED) is 0.308. The molecule has 2 aromatic carbocycles. The third-order valence-electron chi connectivity index (χ3n) is 5.76. The number of rotatable bonds is 6. The van der Waals surface area contributed by atoms with Gasteiger partial charge in [0.15, 0.2) is 0 Å². The number of carbonyl (C=O) groups excluding carboxylic acids is 1. The molecule has 7 nitrogen and oxygen atoms in total. The lowest BCUT2D eigenvalue weighted by atomic mass is 9.94. The number of nitrogens with zero attached hydrogens (tertiary/aromatic N) is 4. The number of hydrogen-bond donors (Lipinski definition) is 1. The maximum atomic E-state index is 13.4. The van der Waals surface area contributed by atoms with E-state index < -0.39 is 0 Å². The number of nitriles is 1. The minimum atomic E-state index is -0.340. The van der Waals surface area contributed by atoms with E-state index >= 15 is 0 Å². The first-order valence-electron chi connectivity index (χ1n) is 11.5. The third-order valence-corrected chi connectivity index (χ3v) is 6.77. The number of pyridine rings is 2. The number of para-hydroxylation sites is 1. The van der Waals surface area contributed by atoms with Gasteiger partial charge in [-0.2, -0.15) is 5.26 Å². The smallest absolute Gasteiger partial charge is 0.258 e. The molecule has 0 atom stereocenters. The van der Waals surface area contributed by atoms with E-state index in [0.29, 0.717) is 50.2 Å². The molecule has 180 valence electrons. The molecule has 5 aromatic rings. The van der Waals surface area contributed by atoms with Crippen molar-refractivity contribution in [2.75, 3.05) is 5.32 Å². The van der Waals surface area contributed by atoms with Crippen molar-refractivity contribution in [1.82, 2.24) is 14.4 Å². The lowest BCUT2D eigenvalue weighted by Crippen LogP contribution is -2.17. The van der Waals surface area contributed by atoms with E-state index in [-0.39, 0.29) is 11.5 Å². The average Bonchev–Trinajstić information content (AvgIpc) is 2.92. The van der Waals surface area contributed by atoms with Crippen LogP contribution in [-0.4, -0.2) is 20.3 Å². The third kappa shape index (κ3) is 4.99. The van der Waals surface area contributed by atoms with Gasteiger partial charge in [-0.05, 0) is 36.8 Å². The Morgan fingerprint density at radius 3 is 2.43 bits per heavy atom. The van der Waals surface area contributed by atoms with Crippen LogP contribution in [0.15, 0.2) is 101 Å². The van der Waals surface area contributed by atoms with Gasteiger partial charge in [-0.15, -0.1) is 0 Å². The number of nitrogens with one attached hydrogen (secondary N) is 1. The Bertz CT molecular complexity index is 1710. The summed E-state index contributed by atoms with van der Waals surface area (Å²) in [5, 5.41) is 13.6. The van der Waals surface area contributed by atoms with E-state index in [1.165, 1.54) is 22.2 Å². The second-order valence-electron chi connectivity index (χ2n) is 8.23. The lowest BCUT2D eigenvalue weighted by molar-refractivity contribution is 0.102. The molecule has 0 bridgehead atoms. The molecule has 0 aliphatic heterocycles. The van der Waals surface area contributed by atoms with Gasteiger partial charge >= 0.3 is 0 Å². The predicted molar refractivity (Wildman–Crippen MR) is 145 cm³/mol. The van der Waals surface area contributed by atoms with Gasteiger partial charge in [-0.25, -0.2) is 9.97 Å². The summed E-state index contributed by atoms with van der Waals surface area (Å²) in [6, 6.07) is 27.6. The summed E-state index contributed by atoms with van der Waals surface area (Å²) < 4.78 is 1.48. The number of aryl methyl sites for hydroxylation is 1. The van der Waals surface area contributed by atoms with Crippen LogP contribution in [0.5, 0.6) is 0 Å². The average molecular weight is 504 g/mol. The first-order chi connectivity index (χ1) is 18.0. The predicted octanol–water partition coefficient (Wildman–Crippen LogP) is 5.48. The Balaban J connectivity index is 1.57. The van der Waals surface area contributed by atoms with Crippen molar-refractivity contribution in [1.29, 1.82) is 5.26 Å². The van der Waals surface area contributed by atoms with Gasteiger partial charge in [0.05, 0.1) is 22.5 Å². The highest BCUT2D eigenvalue weighted by molar-refractivity contribution is 7.98. The first-order valence-corrected chi connectivity index (χ1v) is 12.5. The summed E-state index contributed by atoms with van der Waals surface area (Å²) >= 11 is 1.31. The Morgan fingerprint density at radius 2 is 1.70 bits per heavy atom. The number of benzene rings is 2. The van der Waals surface area contributed by atoms with Crippen LogP contribution < -0.4 is 10.9 Å². The minimum absolute atomic E-state index is 0.177. The maximum absolute atomic E-state index is 13.4. The molecule has 1 amide bonds. The summed E-state index contributed by atoms with van der Waals surface area (Å²) in [6.45, 7) is 1.76. The molecule has 37 heavy (non-hydrogen) atoms. The molecule has 1 N–H and O–H groups in total. The molecule has 3 aromatic heterocycles. The van der Waals surface area contributed by atoms with Crippen molar-refractivity contribution in [2.24, 2.45) is 0 Å². The standard InChI is InChI=1S/C29H21N5O2S/c1-19-26(28(36)33-21-12-6-3-7-13-21)27(20-10-4-2-5-11-20)23(17-30)29(31-19)37-18-22-16-25(35)34-15-9-8-14-24(34)32-22/h2-16H,18H2,1H3,(H,33,36). The highest BCUT2D eigenvalue weighted by Crippen LogP contribution is 2.36. The number of fused-ring (bicyclic) bond motifs is 1. The Labute approximate surface area is 217 Å². The molecule has 0 radical (unpaired) electrons. The van der Waals surface area contributed by atoms with Crippen molar-refractivity contribution in [3.05, 3.63) is 124 Å². The van der Waals surface area contributed by atoms with Gasteiger partial charge in [-0.3, -0.25) is 14.0 Å². The molecule has 0 unspecified atom stereocenters. The zero-order valence-electron chi connectivity index (χ0n) is 19.9. The van der Waals surface area contributed by atoms with Crippen molar-refractivity contribution >= 4 is 29.0 Å².